The Morgan fingerprint density at radius 3 is 2.60 bits per heavy atom. The number of esters is 1. The first-order valence-corrected chi connectivity index (χ1v) is 16.0. The lowest BCUT2D eigenvalue weighted by Gasteiger charge is -2.28. The monoisotopic (exact) mass is 637 g/mol. The van der Waals surface area contributed by atoms with Crippen LogP contribution in [0.15, 0.2) is 47.6 Å². The van der Waals surface area contributed by atoms with Crippen molar-refractivity contribution in [1.29, 1.82) is 0 Å². The Labute approximate surface area is 252 Å². The van der Waals surface area contributed by atoms with Crippen LogP contribution in [0.3, 0.4) is 0 Å². The fourth-order valence-electron chi connectivity index (χ4n) is 4.72. The fraction of sp³-hybridized carbons (Fsp3) is 0.407. The topological polar surface area (TPSA) is 160 Å². The molecule has 42 heavy (non-hydrogen) atoms. The van der Waals surface area contributed by atoms with Gasteiger partial charge >= 0.3 is 5.97 Å². The molecular formula is C27H32ClN5O7S2. The third-order valence-corrected chi connectivity index (χ3v) is 9.51. The maximum absolute atomic E-state index is 14.0. The number of hydrogen-bond acceptors (Lipinski definition) is 9. The van der Waals surface area contributed by atoms with Crippen molar-refractivity contribution in [1.82, 2.24) is 19.6 Å². The van der Waals surface area contributed by atoms with Crippen LogP contribution < -0.4 is 14.9 Å². The number of rotatable bonds is 12. The van der Waals surface area contributed by atoms with Crippen LogP contribution in [-0.2, 0) is 37.8 Å². The smallest absolute Gasteiger partial charge is 0.326 e. The van der Waals surface area contributed by atoms with Crippen LogP contribution in [-0.4, -0.2) is 66.2 Å². The highest BCUT2D eigenvalue weighted by atomic mass is 35.5. The molecular weight excluding hydrogens is 606 g/mol. The van der Waals surface area contributed by atoms with E-state index in [9.17, 15) is 27.9 Å². The number of aryl methyl sites for hydroxylation is 1. The molecule has 1 aliphatic heterocycles. The van der Waals surface area contributed by atoms with Gasteiger partial charge in [-0.05, 0) is 42.7 Å². The first-order chi connectivity index (χ1) is 20.0. The van der Waals surface area contributed by atoms with Gasteiger partial charge < -0.3 is 24.6 Å². The van der Waals surface area contributed by atoms with Crippen molar-refractivity contribution >= 4 is 56.4 Å². The Kier molecular flexibility index (Phi) is 10.0. The summed E-state index contributed by atoms with van der Waals surface area (Å²) in [5, 5.41) is 12.7. The van der Waals surface area contributed by atoms with Crippen molar-refractivity contribution in [2.75, 3.05) is 18.1 Å². The number of hydrogen-bond donors (Lipinski definition) is 3. The number of nitrogens with zero attached hydrogens (tertiary/aromatic N) is 3. The van der Waals surface area contributed by atoms with E-state index in [1.165, 1.54) is 29.3 Å². The molecule has 4 rings (SSSR count). The second-order valence-corrected chi connectivity index (χ2v) is 13.0. The van der Waals surface area contributed by atoms with Crippen molar-refractivity contribution in [2.24, 2.45) is 7.05 Å². The summed E-state index contributed by atoms with van der Waals surface area (Å²) < 4.78 is 37.8. The van der Waals surface area contributed by atoms with E-state index in [4.69, 9.17) is 16.3 Å². The van der Waals surface area contributed by atoms with E-state index in [1.807, 2.05) is 0 Å². The van der Waals surface area contributed by atoms with Gasteiger partial charge in [0, 0.05) is 38.1 Å². The Hall–Kier alpha value is -3.30. The van der Waals surface area contributed by atoms with Crippen molar-refractivity contribution in [3.63, 3.8) is 0 Å². The summed E-state index contributed by atoms with van der Waals surface area (Å²) >= 11 is 7.04. The summed E-state index contributed by atoms with van der Waals surface area (Å²) in [6.45, 7) is 3.79. The maximum Gasteiger partial charge on any atom is 0.326 e. The van der Waals surface area contributed by atoms with E-state index >= 15 is 0 Å². The third-order valence-electron chi connectivity index (χ3n) is 6.76. The maximum atomic E-state index is 14.0. The Morgan fingerprint density at radius 1 is 1.26 bits per heavy atom. The molecule has 3 atom stereocenters. The average molecular weight is 638 g/mol. The summed E-state index contributed by atoms with van der Waals surface area (Å²) in [5.74, 6) is -1.81. The zero-order valence-corrected chi connectivity index (χ0v) is 25.6. The van der Waals surface area contributed by atoms with Crippen LogP contribution in [0.25, 0.3) is 0 Å². The van der Waals surface area contributed by atoms with Gasteiger partial charge in [-0.1, -0.05) is 31.5 Å². The van der Waals surface area contributed by atoms with Gasteiger partial charge in [-0.3, -0.25) is 14.4 Å². The van der Waals surface area contributed by atoms with Gasteiger partial charge in [0.2, 0.25) is 10.0 Å². The molecule has 226 valence electrons. The third kappa shape index (κ3) is 6.68. The molecule has 0 aliphatic carbocycles. The van der Waals surface area contributed by atoms with E-state index in [0.29, 0.717) is 22.0 Å². The second kappa shape index (κ2) is 13.3. The molecule has 1 aromatic carbocycles. The molecule has 3 N–H and O–H groups in total. The lowest BCUT2D eigenvalue weighted by molar-refractivity contribution is -0.146. The number of nitrogens with one attached hydrogen (secondary N) is 2. The molecule has 1 aliphatic rings. The van der Waals surface area contributed by atoms with Crippen molar-refractivity contribution < 1.29 is 32.6 Å². The van der Waals surface area contributed by atoms with Gasteiger partial charge in [-0.15, -0.1) is 11.3 Å². The van der Waals surface area contributed by atoms with Crippen LogP contribution in [0.2, 0.25) is 4.34 Å². The minimum Gasteiger partial charge on any atom is -0.464 e. The van der Waals surface area contributed by atoms with Crippen LogP contribution in [0.5, 0.6) is 0 Å². The Balaban J connectivity index is 1.77. The van der Waals surface area contributed by atoms with Gasteiger partial charge in [-0.2, -0.15) is 4.72 Å². The van der Waals surface area contributed by atoms with Crippen molar-refractivity contribution in [3.8, 4) is 0 Å². The van der Waals surface area contributed by atoms with E-state index in [1.54, 1.807) is 43.8 Å². The van der Waals surface area contributed by atoms with Gasteiger partial charge in [-0.25, -0.2) is 13.4 Å². The number of aromatic nitrogens is 2. The number of imidazole rings is 1. The molecule has 0 spiro atoms. The Morgan fingerprint density at radius 2 is 2.02 bits per heavy atom. The zero-order valence-electron chi connectivity index (χ0n) is 23.2. The van der Waals surface area contributed by atoms with Crippen LogP contribution in [0, 0.1) is 0 Å². The van der Waals surface area contributed by atoms with Gasteiger partial charge in [0.15, 0.2) is 0 Å². The number of halogens is 1. The molecule has 1 fully saturated rings. The molecule has 1 saturated heterocycles. The highest BCUT2D eigenvalue weighted by molar-refractivity contribution is 7.89. The largest absolute Gasteiger partial charge is 0.464 e. The summed E-state index contributed by atoms with van der Waals surface area (Å²) in [6.07, 6.45) is 2.83. The molecule has 15 heteroatoms. The number of benzene rings is 1. The molecule has 0 saturated carbocycles. The highest BCUT2D eigenvalue weighted by Gasteiger charge is 2.40. The summed E-state index contributed by atoms with van der Waals surface area (Å²) in [7, 11) is -2.81. The number of ether oxygens (including phenoxy) is 1. The molecule has 3 aromatic rings. The number of aliphatic hydroxyl groups excluding tert-OH is 1. The van der Waals surface area contributed by atoms with E-state index in [-0.39, 0.29) is 41.6 Å². The Bertz CT molecular complexity index is 1570. The zero-order chi connectivity index (χ0) is 30.6. The minimum absolute atomic E-state index is 0.0217. The molecule has 0 radical (unpaired) electrons. The van der Waals surface area contributed by atoms with Crippen molar-refractivity contribution in [2.45, 2.75) is 56.2 Å². The minimum atomic E-state index is -4.46. The number of aliphatic hydroxyl groups is 1. The summed E-state index contributed by atoms with van der Waals surface area (Å²) in [6, 6.07) is 4.65. The van der Waals surface area contributed by atoms with E-state index in [2.05, 4.69) is 15.0 Å². The number of sulfonamides is 1. The lowest BCUT2D eigenvalue weighted by atomic mass is 10.1. The predicted octanol–water partition coefficient (Wildman–Crippen LogP) is 2.57. The quantitative estimate of drug-likeness (QED) is 0.256. The van der Waals surface area contributed by atoms with E-state index in [0.717, 1.165) is 11.3 Å². The number of thiophene rings is 1. The van der Waals surface area contributed by atoms with Crippen LogP contribution in [0.4, 0.5) is 5.69 Å². The molecule has 12 nitrogen and oxygen atoms in total. The van der Waals surface area contributed by atoms with Crippen molar-refractivity contribution in [3.05, 3.63) is 63.3 Å². The van der Waals surface area contributed by atoms with Gasteiger partial charge in [0.25, 0.3) is 11.8 Å². The second-order valence-electron chi connectivity index (χ2n) is 9.62. The predicted molar refractivity (Wildman–Crippen MR) is 157 cm³/mol. The van der Waals surface area contributed by atoms with Crippen LogP contribution >= 0.6 is 22.9 Å². The molecule has 2 aromatic heterocycles. The summed E-state index contributed by atoms with van der Waals surface area (Å²) in [5.41, 5.74) is 0.689. The molecule has 1 unspecified atom stereocenters. The lowest BCUT2D eigenvalue weighted by Crippen LogP contribution is -2.52. The highest BCUT2D eigenvalue weighted by Crippen LogP contribution is 2.32. The fourth-order valence-corrected chi connectivity index (χ4v) is 7.19. The van der Waals surface area contributed by atoms with E-state index < -0.39 is 46.0 Å². The van der Waals surface area contributed by atoms with Gasteiger partial charge in [0.05, 0.1) is 20.7 Å². The SMILES string of the molecule is CCCOC(=O)[C@@H](NS(=O)(=O)c1cccc(N2CC[C@@H](O)C2=O)c1CC)C(NC(=O)c1ccc(Cl)s1)c1nccn1C. The molecule has 2 amide bonds. The molecule has 3 heterocycles. The average Bonchev–Trinajstić information content (AvgIpc) is 3.68. The number of carbonyl (C=O) groups excluding carboxylic acids is 3. The normalized spacial score (nSPS) is 16.8. The standard InChI is InChI=1S/C27H32ClN5O7S2/c1-4-15-40-27(37)23(22(24-29-12-14-32(24)3)30-25(35)19-9-10-21(28)41-19)31-42(38,39)20-8-6-7-17(16(20)5-2)33-13-11-18(34)26(33)36/h6-10,12,14,18,22-23,31,34H,4-5,11,13,15H2,1-3H3,(H,30,35)/t18-,22?,23+/m1/s1. The number of carbonyl (C=O) groups is 3. The summed E-state index contributed by atoms with van der Waals surface area (Å²) in [4.78, 5) is 45.0. The number of anilines is 1. The van der Waals surface area contributed by atoms with Gasteiger partial charge in [0.1, 0.15) is 24.0 Å². The first-order valence-electron chi connectivity index (χ1n) is 13.3. The van der Waals surface area contributed by atoms with Crippen LogP contribution in [0.1, 0.15) is 53.8 Å². The number of amides is 2. The first kappa shape index (κ1) is 31.6. The molecule has 0 bridgehead atoms.